The standard InChI is InChI=1S/C16H17N3O2/c1-20-15-5-3-4-13(16(15)21-2)14(10-17)19-11-12-6-8-18-9-7-12/h3-9,14,19H,11H2,1-2H3. The van der Waals surface area contributed by atoms with Gasteiger partial charge in [-0.15, -0.1) is 0 Å². The Hall–Kier alpha value is -2.58. The Balaban J connectivity index is 2.20. The van der Waals surface area contributed by atoms with Crippen molar-refractivity contribution in [2.24, 2.45) is 0 Å². The molecule has 0 aliphatic rings. The Morgan fingerprint density at radius 1 is 1.19 bits per heavy atom. The second-order valence-electron chi connectivity index (χ2n) is 4.38. The van der Waals surface area contributed by atoms with Crippen LogP contribution in [-0.4, -0.2) is 19.2 Å². The smallest absolute Gasteiger partial charge is 0.166 e. The molecule has 1 aromatic heterocycles. The Kier molecular flexibility index (Phi) is 5.13. The molecule has 1 aromatic carbocycles. The van der Waals surface area contributed by atoms with Gasteiger partial charge in [0.05, 0.1) is 20.3 Å². The van der Waals surface area contributed by atoms with Gasteiger partial charge in [-0.05, 0) is 23.8 Å². The summed E-state index contributed by atoms with van der Waals surface area (Å²) < 4.78 is 10.6. The zero-order valence-corrected chi connectivity index (χ0v) is 12.0. The van der Waals surface area contributed by atoms with Gasteiger partial charge in [-0.3, -0.25) is 10.3 Å². The lowest BCUT2D eigenvalue weighted by atomic mass is 10.1. The van der Waals surface area contributed by atoms with E-state index in [2.05, 4.69) is 16.4 Å². The number of aromatic nitrogens is 1. The fourth-order valence-corrected chi connectivity index (χ4v) is 2.09. The third-order valence-corrected chi connectivity index (χ3v) is 3.13. The number of hydrogen-bond donors (Lipinski definition) is 1. The van der Waals surface area contributed by atoms with Gasteiger partial charge in [-0.2, -0.15) is 5.26 Å². The van der Waals surface area contributed by atoms with Crippen LogP contribution >= 0.6 is 0 Å². The average molecular weight is 283 g/mol. The van der Waals surface area contributed by atoms with Crippen LogP contribution in [-0.2, 0) is 6.54 Å². The van der Waals surface area contributed by atoms with E-state index in [1.165, 1.54) is 0 Å². The second-order valence-corrected chi connectivity index (χ2v) is 4.38. The lowest BCUT2D eigenvalue weighted by Gasteiger charge is -2.17. The van der Waals surface area contributed by atoms with Crippen molar-refractivity contribution in [3.63, 3.8) is 0 Å². The maximum Gasteiger partial charge on any atom is 0.166 e. The molecule has 1 atom stereocenters. The van der Waals surface area contributed by atoms with Crippen molar-refractivity contribution in [1.29, 1.82) is 5.26 Å². The van der Waals surface area contributed by atoms with Gasteiger partial charge in [-0.1, -0.05) is 12.1 Å². The Bertz CT molecular complexity index is 623. The molecule has 1 heterocycles. The van der Waals surface area contributed by atoms with Crippen LogP contribution in [0.25, 0.3) is 0 Å². The Morgan fingerprint density at radius 3 is 2.57 bits per heavy atom. The molecule has 0 bridgehead atoms. The van der Waals surface area contributed by atoms with E-state index in [1.807, 2.05) is 24.3 Å². The minimum Gasteiger partial charge on any atom is -0.493 e. The number of methoxy groups -OCH3 is 2. The summed E-state index contributed by atoms with van der Waals surface area (Å²) in [4.78, 5) is 3.97. The largest absolute Gasteiger partial charge is 0.493 e. The molecular weight excluding hydrogens is 266 g/mol. The quantitative estimate of drug-likeness (QED) is 0.882. The lowest BCUT2D eigenvalue weighted by molar-refractivity contribution is 0.349. The van der Waals surface area contributed by atoms with Gasteiger partial charge < -0.3 is 9.47 Å². The first-order valence-corrected chi connectivity index (χ1v) is 6.53. The van der Waals surface area contributed by atoms with Gasteiger partial charge in [0.25, 0.3) is 0 Å². The average Bonchev–Trinajstić information content (AvgIpc) is 2.56. The van der Waals surface area contributed by atoms with Gasteiger partial charge in [-0.25, -0.2) is 0 Å². The minimum absolute atomic E-state index is 0.483. The van der Waals surface area contributed by atoms with Crippen molar-refractivity contribution in [1.82, 2.24) is 10.3 Å². The number of rotatable bonds is 6. The molecule has 108 valence electrons. The van der Waals surface area contributed by atoms with Crippen molar-refractivity contribution in [2.45, 2.75) is 12.6 Å². The van der Waals surface area contributed by atoms with E-state index in [0.29, 0.717) is 18.0 Å². The molecule has 5 nitrogen and oxygen atoms in total. The second kappa shape index (κ2) is 7.27. The first-order valence-electron chi connectivity index (χ1n) is 6.53. The predicted octanol–water partition coefficient (Wildman–Crippen LogP) is 2.45. The van der Waals surface area contributed by atoms with Gasteiger partial charge in [0.2, 0.25) is 0 Å². The third-order valence-electron chi connectivity index (χ3n) is 3.13. The fraction of sp³-hybridized carbons (Fsp3) is 0.250. The number of para-hydroxylation sites is 1. The lowest BCUT2D eigenvalue weighted by Crippen LogP contribution is -2.20. The molecule has 0 fully saturated rings. The summed E-state index contributed by atoms with van der Waals surface area (Å²) in [6, 6.07) is 11.1. The maximum atomic E-state index is 9.42. The van der Waals surface area contributed by atoms with Crippen LogP contribution in [0.15, 0.2) is 42.7 Å². The molecule has 0 saturated carbocycles. The zero-order chi connectivity index (χ0) is 15.1. The van der Waals surface area contributed by atoms with Crippen molar-refractivity contribution < 1.29 is 9.47 Å². The zero-order valence-electron chi connectivity index (χ0n) is 12.0. The number of nitriles is 1. The fourth-order valence-electron chi connectivity index (χ4n) is 2.09. The summed E-state index contributed by atoms with van der Waals surface area (Å²) in [5, 5.41) is 12.6. The van der Waals surface area contributed by atoms with Crippen LogP contribution in [0, 0.1) is 11.3 Å². The normalized spacial score (nSPS) is 11.5. The summed E-state index contributed by atoms with van der Waals surface area (Å²) in [6.45, 7) is 0.571. The van der Waals surface area contributed by atoms with E-state index >= 15 is 0 Å². The van der Waals surface area contributed by atoms with Crippen molar-refractivity contribution >= 4 is 0 Å². The van der Waals surface area contributed by atoms with Crippen molar-refractivity contribution in [3.05, 3.63) is 53.9 Å². The number of nitrogens with one attached hydrogen (secondary N) is 1. The first-order chi connectivity index (χ1) is 10.3. The molecule has 21 heavy (non-hydrogen) atoms. The summed E-state index contributed by atoms with van der Waals surface area (Å²) in [5.41, 5.74) is 1.82. The molecule has 5 heteroatoms. The van der Waals surface area contributed by atoms with Gasteiger partial charge in [0.1, 0.15) is 6.04 Å². The summed E-state index contributed by atoms with van der Waals surface area (Å²) in [6.07, 6.45) is 3.45. The van der Waals surface area contributed by atoms with Crippen LogP contribution in [0.4, 0.5) is 0 Å². The van der Waals surface area contributed by atoms with E-state index in [1.54, 1.807) is 32.7 Å². The van der Waals surface area contributed by atoms with Gasteiger partial charge in [0.15, 0.2) is 11.5 Å². The molecule has 0 saturated heterocycles. The number of nitrogens with zero attached hydrogens (tertiary/aromatic N) is 2. The van der Waals surface area contributed by atoms with E-state index in [9.17, 15) is 5.26 Å². The molecule has 2 rings (SSSR count). The Morgan fingerprint density at radius 2 is 1.95 bits per heavy atom. The minimum atomic E-state index is -0.483. The highest BCUT2D eigenvalue weighted by Gasteiger charge is 2.18. The van der Waals surface area contributed by atoms with Gasteiger partial charge in [0, 0.05) is 24.5 Å². The highest BCUT2D eigenvalue weighted by atomic mass is 16.5. The van der Waals surface area contributed by atoms with Crippen LogP contribution in [0.2, 0.25) is 0 Å². The van der Waals surface area contributed by atoms with Crippen LogP contribution in [0.1, 0.15) is 17.2 Å². The molecule has 0 radical (unpaired) electrons. The SMILES string of the molecule is COc1cccc(C(C#N)NCc2ccncc2)c1OC. The summed E-state index contributed by atoms with van der Waals surface area (Å²) in [5.74, 6) is 1.19. The molecule has 0 aliphatic heterocycles. The molecule has 1 unspecified atom stereocenters. The highest BCUT2D eigenvalue weighted by molar-refractivity contribution is 5.49. The molecule has 1 N–H and O–H groups in total. The Labute approximate surface area is 124 Å². The maximum absolute atomic E-state index is 9.42. The van der Waals surface area contributed by atoms with E-state index in [-0.39, 0.29) is 0 Å². The predicted molar refractivity (Wildman–Crippen MR) is 79.0 cm³/mol. The van der Waals surface area contributed by atoms with Crippen LogP contribution in [0.3, 0.4) is 0 Å². The number of pyridine rings is 1. The summed E-state index contributed by atoms with van der Waals surface area (Å²) in [7, 11) is 3.14. The van der Waals surface area contributed by atoms with E-state index < -0.39 is 6.04 Å². The number of benzene rings is 1. The molecule has 2 aromatic rings. The number of hydrogen-bond acceptors (Lipinski definition) is 5. The third kappa shape index (κ3) is 3.50. The number of ether oxygens (including phenoxy) is 2. The van der Waals surface area contributed by atoms with Crippen molar-refractivity contribution in [2.75, 3.05) is 14.2 Å². The summed E-state index contributed by atoms with van der Waals surface area (Å²) >= 11 is 0. The molecule has 0 amide bonds. The monoisotopic (exact) mass is 283 g/mol. The molecular formula is C16H17N3O2. The van der Waals surface area contributed by atoms with Crippen molar-refractivity contribution in [3.8, 4) is 17.6 Å². The van der Waals surface area contributed by atoms with E-state index in [0.717, 1.165) is 11.1 Å². The van der Waals surface area contributed by atoms with Crippen LogP contribution < -0.4 is 14.8 Å². The van der Waals surface area contributed by atoms with Crippen LogP contribution in [0.5, 0.6) is 11.5 Å². The highest BCUT2D eigenvalue weighted by Crippen LogP contribution is 2.34. The van der Waals surface area contributed by atoms with E-state index in [4.69, 9.17) is 9.47 Å². The van der Waals surface area contributed by atoms with Gasteiger partial charge >= 0.3 is 0 Å². The molecule has 0 spiro atoms. The topological polar surface area (TPSA) is 67.2 Å². The molecule has 0 aliphatic carbocycles. The first kappa shape index (κ1) is 14.8.